The van der Waals surface area contributed by atoms with Crippen LogP contribution in [0.2, 0.25) is 0 Å². The van der Waals surface area contributed by atoms with Gasteiger partial charge >= 0.3 is 0 Å². The zero-order valence-corrected chi connectivity index (χ0v) is 16.9. The predicted molar refractivity (Wildman–Crippen MR) is 113 cm³/mol. The lowest BCUT2D eigenvalue weighted by molar-refractivity contribution is 0.0745. The van der Waals surface area contributed by atoms with Crippen LogP contribution < -0.4 is 5.32 Å². The third-order valence-electron chi connectivity index (χ3n) is 6.90. The number of H-pyrrole nitrogens is 1. The van der Waals surface area contributed by atoms with E-state index in [9.17, 15) is 0 Å². The number of hydrogen-bond donors (Lipinski definition) is 1. The van der Waals surface area contributed by atoms with Crippen molar-refractivity contribution in [1.82, 2.24) is 20.1 Å². The summed E-state index contributed by atoms with van der Waals surface area (Å²) in [4.78, 5) is 8.90. The molecule has 0 bridgehead atoms. The van der Waals surface area contributed by atoms with Crippen LogP contribution in [0.4, 0.5) is 0 Å². The number of piperidine rings is 2. The molecule has 1 atom stereocenters. The van der Waals surface area contributed by atoms with Crippen molar-refractivity contribution in [3.63, 3.8) is 0 Å². The summed E-state index contributed by atoms with van der Waals surface area (Å²) in [6.07, 6.45) is 9.10. The van der Waals surface area contributed by atoms with Gasteiger partial charge in [0.2, 0.25) is 0 Å². The van der Waals surface area contributed by atoms with Gasteiger partial charge in [-0.15, -0.1) is 0 Å². The lowest BCUT2D eigenvalue weighted by Gasteiger charge is -2.40. The number of hydrogen-bond acceptors (Lipinski definition) is 3. The zero-order valence-electron chi connectivity index (χ0n) is 16.9. The second kappa shape index (κ2) is 8.54. The highest BCUT2D eigenvalue weighted by molar-refractivity contribution is 5.83. The average Bonchev–Trinajstić information content (AvgIpc) is 3.17. The van der Waals surface area contributed by atoms with Crippen LogP contribution in [0.5, 0.6) is 0 Å². The number of benzene rings is 1. The number of fused-ring (bicyclic) bond motifs is 1. The van der Waals surface area contributed by atoms with Gasteiger partial charge in [0.1, 0.15) is 0 Å². The van der Waals surface area contributed by atoms with Gasteiger partial charge in [-0.25, -0.2) is 5.32 Å². The summed E-state index contributed by atoms with van der Waals surface area (Å²) in [6, 6.07) is 7.80. The Morgan fingerprint density at radius 3 is 2.71 bits per heavy atom. The number of nitrogens with zero attached hydrogens (tertiary/aromatic N) is 3. The molecule has 151 valence electrons. The zero-order chi connectivity index (χ0) is 18.8. The van der Waals surface area contributed by atoms with Crippen molar-refractivity contribution >= 4 is 10.9 Å². The van der Waals surface area contributed by atoms with Crippen LogP contribution in [-0.4, -0.2) is 66.8 Å². The molecule has 1 aromatic carbocycles. The lowest BCUT2D eigenvalue weighted by atomic mass is 9.99. The Labute approximate surface area is 168 Å². The maximum atomic E-state index is 5.59. The molecule has 0 saturated carbocycles. The van der Waals surface area contributed by atoms with Gasteiger partial charge in [0.15, 0.2) is 0 Å². The van der Waals surface area contributed by atoms with Gasteiger partial charge in [-0.1, -0.05) is 18.6 Å². The number of aromatic nitrogens is 1. The summed E-state index contributed by atoms with van der Waals surface area (Å²) < 4.78 is 5.59. The average molecular weight is 382 g/mol. The summed E-state index contributed by atoms with van der Waals surface area (Å²) in [6.45, 7) is 8.45. The third kappa shape index (κ3) is 3.99. The Morgan fingerprint density at radius 1 is 1.07 bits per heavy atom. The molecule has 0 aliphatic carbocycles. The highest BCUT2D eigenvalue weighted by Crippen LogP contribution is 2.27. The minimum absolute atomic E-state index is 0.193. The normalized spacial score (nSPS) is 26.1. The van der Waals surface area contributed by atoms with Gasteiger partial charge in [0.05, 0.1) is 19.3 Å². The van der Waals surface area contributed by atoms with E-state index in [1.807, 2.05) is 0 Å². The molecule has 1 N–H and O–H groups in total. The van der Waals surface area contributed by atoms with Crippen molar-refractivity contribution in [3.05, 3.63) is 35.5 Å². The van der Waals surface area contributed by atoms with E-state index in [-0.39, 0.29) is 6.04 Å². The monoisotopic (exact) mass is 381 g/mol. The van der Waals surface area contributed by atoms with Crippen molar-refractivity contribution < 1.29 is 4.74 Å². The fourth-order valence-corrected chi connectivity index (χ4v) is 5.23. The van der Waals surface area contributed by atoms with Crippen LogP contribution in [0, 0.1) is 0 Å². The Balaban J connectivity index is 1.21. The fourth-order valence-electron chi connectivity index (χ4n) is 5.23. The van der Waals surface area contributed by atoms with E-state index in [4.69, 9.17) is 10.1 Å². The fraction of sp³-hybridized carbons (Fsp3) is 0.652. The van der Waals surface area contributed by atoms with E-state index in [0.717, 1.165) is 25.7 Å². The molecule has 1 unspecified atom stereocenters. The first kappa shape index (κ1) is 18.6. The largest absolute Gasteiger partial charge is 0.378 e. The number of rotatable bonds is 4. The standard InChI is InChI=1S/C23H33N4O/c1-2-9-27(10-3-1)20-6-11-26(12-7-20)16-19-15-25-22-14-18(4-5-21(19)22)23-17-28-13-8-24-23/h4-5,14-15,20,23,25H,1-3,6-13,16-17H2. The molecule has 0 amide bonds. The van der Waals surface area contributed by atoms with Crippen LogP contribution in [-0.2, 0) is 11.3 Å². The SMILES string of the molecule is c1cc2c(CN3CCC(N4CCCCC4)CC3)c[nH]c2cc1C1COCC[N]1. The number of likely N-dealkylation sites (tertiary alicyclic amines) is 2. The van der Waals surface area contributed by atoms with E-state index in [0.29, 0.717) is 6.61 Å². The molecular weight excluding hydrogens is 348 g/mol. The van der Waals surface area contributed by atoms with Crippen LogP contribution in [0.3, 0.4) is 0 Å². The highest BCUT2D eigenvalue weighted by Gasteiger charge is 2.26. The van der Waals surface area contributed by atoms with Crippen molar-refractivity contribution in [2.45, 2.75) is 50.7 Å². The topological polar surface area (TPSA) is 45.6 Å². The van der Waals surface area contributed by atoms with Gasteiger partial charge in [-0.2, -0.15) is 0 Å². The Bertz CT molecular complexity index is 768. The maximum absolute atomic E-state index is 5.59. The van der Waals surface area contributed by atoms with Gasteiger partial charge < -0.3 is 14.6 Å². The quantitative estimate of drug-likeness (QED) is 0.884. The molecule has 3 aliphatic heterocycles. The molecular formula is C23H33N4O. The molecule has 3 aliphatic rings. The van der Waals surface area contributed by atoms with Gasteiger partial charge in [-0.05, 0) is 69.1 Å². The van der Waals surface area contributed by atoms with Crippen LogP contribution >= 0.6 is 0 Å². The van der Waals surface area contributed by atoms with E-state index in [1.165, 1.54) is 80.3 Å². The number of aromatic amines is 1. The molecule has 3 fully saturated rings. The summed E-state index contributed by atoms with van der Waals surface area (Å²) in [5.41, 5.74) is 3.93. The summed E-state index contributed by atoms with van der Waals surface area (Å²) >= 11 is 0. The van der Waals surface area contributed by atoms with E-state index in [1.54, 1.807) is 0 Å². The second-order valence-electron chi connectivity index (χ2n) is 8.72. The van der Waals surface area contributed by atoms with E-state index < -0.39 is 0 Å². The molecule has 1 radical (unpaired) electrons. The van der Waals surface area contributed by atoms with Crippen LogP contribution in [0.1, 0.15) is 49.3 Å². The maximum Gasteiger partial charge on any atom is 0.0731 e. The summed E-state index contributed by atoms with van der Waals surface area (Å²) in [5.74, 6) is 0. The lowest BCUT2D eigenvalue weighted by Crippen LogP contribution is -2.46. The molecule has 3 saturated heterocycles. The molecule has 28 heavy (non-hydrogen) atoms. The second-order valence-corrected chi connectivity index (χ2v) is 8.72. The molecule has 5 rings (SSSR count). The van der Waals surface area contributed by atoms with Gasteiger partial charge in [-0.3, -0.25) is 4.90 Å². The van der Waals surface area contributed by atoms with Crippen molar-refractivity contribution in [2.75, 3.05) is 45.9 Å². The third-order valence-corrected chi connectivity index (χ3v) is 6.90. The first-order chi connectivity index (χ1) is 13.9. The predicted octanol–water partition coefficient (Wildman–Crippen LogP) is 3.29. The smallest absolute Gasteiger partial charge is 0.0731 e. The molecule has 5 heteroatoms. The van der Waals surface area contributed by atoms with Crippen LogP contribution in [0.25, 0.3) is 10.9 Å². The van der Waals surface area contributed by atoms with Crippen molar-refractivity contribution in [3.8, 4) is 0 Å². The number of ether oxygens (including phenoxy) is 1. The molecule has 1 aromatic heterocycles. The molecule has 5 nitrogen and oxygen atoms in total. The highest BCUT2D eigenvalue weighted by atomic mass is 16.5. The van der Waals surface area contributed by atoms with Crippen molar-refractivity contribution in [2.24, 2.45) is 0 Å². The molecule has 0 spiro atoms. The van der Waals surface area contributed by atoms with E-state index in [2.05, 4.69) is 39.2 Å². The Morgan fingerprint density at radius 2 is 1.93 bits per heavy atom. The molecule has 4 heterocycles. The Kier molecular flexibility index (Phi) is 5.68. The minimum Gasteiger partial charge on any atom is -0.378 e. The van der Waals surface area contributed by atoms with Gasteiger partial charge in [0, 0.05) is 36.2 Å². The summed E-state index contributed by atoms with van der Waals surface area (Å²) in [5, 5.41) is 6.06. The first-order valence-corrected chi connectivity index (χ1v) is 11.2. The molecule has 2 aromatic rings. The van der Waals surface area contributed by atoms with Crippen molar-refractivity contribution in [1.29, 1.82) is 0 Å². The number of morpholine rings is 1. The number of nitrogens with one attached hydrogen (secondary N) is 1. The minimum atomic E-state index is 0.193. The first-order valence-electron chi connectivity index (χ1n) is 11.2. The summed E-state index contributed by atoms with van der Waals surface area (Å²) in [7, 11) is 0. The van der Waals surface area contributed by atoms with Gasteiger partial charge in [0.25, 0.3) is 0 Å². The van der Waals surface area contributed by atoms with Crippen LogP contribution in [0.15, 0.2) is 24.4 Å². The van der Waals surface area contributed by atoms with E-state index >= 15 is 0 Å². The Hall–Kier alpha value is -1.40.